The summed E-state index contributed by atoms with van der Waals surface area (Å²) in [4.78, 5) is 0. The first kappa shape index (κ1) is 10.8. The van der Waals surface area contributed by atoms with Crippen molar-refractivity contribution in [1.82, 2.24) is 5.32 Å². The lowest BCUT2D eigenvalue weighted by atomic mass is 10.0. The molecule has 0 amide bonds. The van der Waals surface area contributed by atoms with Crippen LogP contribution in [0.1, 0.15) is 0 Å². The van der Waals surface area contributed by atoms with E-state index in [2.05, 4.69) is 5.32 Å². The molecule has 13 heavy (non-hydrogen) atoms. The van der Waals surface area contributed by atoms with E-state index in [1.54, 1.807) is 0 Å². The van der Waals surface area contributed by atoms with Crippen LogP contribution in [0.3, 0.4) is 0 Å². The van der Waals surface area contributed by atoms with E-state index in [1.165, 1.54) is 0 Å². The van der Waals surface area contributed by atoms with E-state index in [0.717, 1.165) is 0 Å². The third-order valence-electron chi connectivity index (χ3n) is 1.96. The second-order valence-corrected chi connectivity index (χ2v) is 2.98. The van der Waals surface area contributed by atoms with E-state index >= 15 is 0 Å². The quantitative estimate of drug-likeness (QED) is 0.327. The van der Waals surface area contributed by atoms with Crippen molar-refractivity contribution in [3.05, 3.63) is 0 Å². The van der Waals surface area contributed by atoms with Crippen molar-refractivity contribution in [2.75, 3.05) is 19.8 Å². The molecule has 4 atom stereocenters. The Kier molecular flexibility index (Phi) is 4.04. The average Bonchev–Trinajstić information content (AvgIpc) is 2.13. The van der Waals surface area contributed by atoms with Crippen LogP contribution < -0.4 is 5.32 Å². The maximum atomic E-state index is 9.36. The van der Waals surface area contributed by atoms with Crippen LogP contribution in [0.4, 0.5) is 0 Å². The Balaban J connectivity index is 2.39. The van der Waals surface area contributed by atoms with Crippen molar-refractivity contribution in [2.45, 2.75) is 24.5 Å². The van der Waals surface area contributed by atoms with E-state index in [-0.39, 0.29) is 19.8 Å². The lowest BCUT2D eigenvalue weighted by Crippen LogP contribution is -2.58. The molecule has 1 saturated heterocycles. The predicted octanol–water partition coefficient (Wildman–Crippen LogP) is -2.99. The zero-order valence-corrected chi connectivity index (χ0v) is 7.13. The molecule has 0 radical (unpaired) electrons. The molecule has 0 aromatic heterocycles. The number of aliphatic hydroxyl groups is 4. The number of hydrogen-bond acceptors (Lipinski definition) is 6. The molecule has 1 heterocycles. The normalized spacial score (nSPS) is 40.6. The van der Waals surface area contributed by atoms with Crippen molar-refractivity contribution in [3.63, 3.8) is 0 Å². The highest BCUT2D eigenvalue weighted by Gasteiger charge is 2.36. The molecule has 6 heteroatoms. The summed E-state index contributed by atoms with van der Waals surface area (Å²) in [6.45, 7) is 0.164. The Bertz CT molecular complexity index is 154. The summed E-state index contributed by atoms with van der Waals surface area (Å²) in [5.74, 6) is 0. The van der Waals surface area contributed by atoms with Crippen LogP contribution in [-0.2, 0) is 4.74 Å². The zero-order chi connectivity index (χ0) is 9.84. The summed E-state index contributed by atoms with van der Waals surface area (Å²) < 4.78 is 4.99. The van der Waals surface area contributed by atoms with Gasteiger partial charge in [-0.05, 0) is 0 Å². The van der Waals surface area contributed by atoms with Crippen molar-refractivity contribution in [2.24, 2.45) is 0 Å². The van der Waals surface area contributed by atoms with Crippen molar-refractivity contribution in [1.29, 1.82) is 0 Å². The Hall–Kier alpha value is -0.240. The van der Waals surface area contributed by atoms with Crippen LogP contribution >= 0.6 is 0 Å². The number of hydrogen-bond donors (Lipinski definition) is 5. The fraction of sp³-hybridized carbons (Fsp3) is 1.00. The molecular formula is C7H15NO5. The molecule has 78 valence electrons. The van der Waals surface area contributed by atoms with Crippen molar-refractivity contribution >= 4 is 0 Å². The Morgan fingerprint density at radius 2 is 1.92 bits per heavy atom. The van der Waals surface area contributed by atoms with Gasteiger partial charge in [0.1, 0.15) is 24.5 Å². The standard InChI is InChI=1S/C7H15NO5/c9-2-1-8-7-6(12)5(11)4(10)3-13-7/h4-12H,1-3H2. The maximum Gasteiger partial charge on any atom is 0.137 e. The van der Waals surface area contributed by atoms with Crippen LogP contribution in [-0.4, -0.2) is 64.7 Å². The second-order valence-electron chi connectivity index (χ2n) is 2.98. The van der Waals surface area contributed by atoms with E-state index in [1.807, 2.05) is 0 Å². The van der Waals surface area contributed by atoms with Gasteiger partial charge in [-0.1, -0.05) is 0 Å². The van der Waals surface area contributed by atoms with Crippen LogP contribution in [0.5, 0.6) is 0 Å². The molecule has 1 rings (SSSR count). The Labute approximate surface area is 75.8 Å². The Morgan fingerprint density at radius 1 is 1.23 bits per heavy atom. The molecule has 0 bridgehead atoms. The first-order valence-electron chi connectivity index (χ1n) is 4.17. The van der Waals surface area contributed by atoms with Gasteiger partial charge in [-0.2, -0.15) is 0 Å². The van der Waals surface area contributed by atoms with Gasteiger partial charge in [0.15, 0.2) is 0 Å². The van der Waals surface area contributed by atoms with Crippen LogP contribution in [0.25, 0.3) is 0 Å². The highest BCUT2D eigenvalue weighted by atomic mass is 16.5. The fourth-order valence-electron chi connectivity index (χ4n) is 1.19. The summed E-state index contributed by atoms with van der Waals surface area (Å²) in [6, 6.07) is 0. The third-order valence-corrected chi connectivity index (χ3v) is 1.96. The molecule has 0 spiro atoms. The van der Waals surface area contributed by atoms with Gasteiger partial charge in [-0.25, -0.2) is 0 Å². The van der Waals surface area contributed by atoms with Crippen molar-refractivity contribution < 1.29 is 25.2 Å². The highest BCUT2D eigenvalue weighted by molar-refractivity contribution is 4.85. The molecule has 4 unspecified atom stereocenters. The molecule has 1 aliphatic heterocycles. The molecule has 0 aliphatic carbocycles. The summed E-state index contributed by atoms with van der Waals surface area (Å²) in [5.41, 5.74) is 0. The van der Waals surface area contributed by atoms with E-state index < -0.39 is 24.5 Å². The number of rotatable bonds is 3. The minimum absolute atomic E-state index is 0.0265. The van der Waals surface area contributed by atoms with Crippen LogP contribution in [0, 0.1) is 0 Å². The summed E-state index contributed by atoms with van der Waals surface area (Å²) in [7, 11) is 0. The van der Waals surface area contributed by atoms with Crippen molar-refractivity contribution in [3.8, 4) is 0 Å². The Morgan fingerprint density at radius 3 is 2.54 bits per heavy atom. The lowest BCUT2D eigenvalue weighted by molar-refractivity contribution is -0.195. The first-order valence-corrected chi connectivity index (χ1v) is 4.17. The molecule has 0 aromatic carbocycles. The number of nitrogens with one attached hydrogen (secondary N) is 1. The van der Waals surface area contributed by atoms with Gasteiger partial charge in [-0.3, -0.25) is 5.32 Å². The van der Waals surface area contributed by atoms with Crippen LogP contribution in [0.15, 0.2) is 0 Å². The topological polar surface area (TPSA) is 102 Å². The minimum Gasteiger partial charge on any atom is -0.395 e. The maximum absolute atomic E-state index is 9.36. The number of ether oxygens (including phenoxy) is 1. The first-order chi connectivity index (χ1) is 6.16. The lowest BCUT2D eigenvalue weighted by Gasteiger charge is -2.35. The molecular weight excluding hydrogens is 178 g/mol. The molecule has 6 nitrogen and oxygen atoms in total. The fourth-order valence-corrected chi connectivity index (χ4v) is 1.19. The molecule has 0 saturated carbocycles. The second kappa shape index (κ2) is 4.85. The predicted molar refractivity (Wildman–Crippen MR) is 42.8 cm³/mol. The van der Waals surface area contributed by atoms with Crippen LogP contribution in [0.2, 0.25) is 0 Å². The molecule has 1 fully saturated rings. The smallest absolute Gasteiger partial charge is 0.137 e. The van der Waals surface area contributed by atoms with Gasteiger partial charge < -0.3 is 25.2 Å². The van der Waals surface area contributed by atoms with Gasteiger partial charge in [0.2, 0.25) is 0 Å². The molecule has 0 aromatic rings. The summed E-state index contributed by atoms with van der Waals surface area (Å²) >= 11 is 0. The summed E-state index contributed by atoms with van der Waals surface area (Å²) in [6.07, 6.45) is -4.16. The molecule has 5 N–H and O–H groups in total. The summed E-state index contributed by atoms with van der Waals surface area (Å²) in [5, 5.41) is 38.8. The van der Waals surface area contributed by atoms with Gasteiger partial charge in [0.05, 0.1) is 13.2 Å². The van der Waals surface area contributed by atoms with Gasteiger partial charge in [0, 0.05) is 6.54 Å². The van der Waals surface area contributed by atoms with E-state index in [4.69, 9.17) is 14.9 Å². The van der Waals surface area contributed by atoms with Gasteiger partial charge in [0.25, 0.3) is 0 Å². The third kappa shape index (κ3) is 2.60. The van der Waals surface area contributed by atoms with Gasteiger partial charge in [-0.15, -0.1) is 0 Å². The molecule has 1 aliphatic rings. The van der Waals surface area contributed by atoms with Gasteiger partial charge >= 0.3 is 0 Å². The zero-order valence-electron chi connectivity index (χ0n) is 7.13. The average molecular weight is 193 g/mol. The number of aliphatic hydroxyl groups excluding tert-OH is 4. The largest absolute Gasteiger partial charge is 0.395 e. The minimum atomic E-state index is -1.20. The SMILES string of the molecule is OCCNC1OCC(O)C(O)C1O. The monoisotopic (exact) mass is 193 g/mol. The highest BCUT2D eigenvalue weighted by Crippen LogP contribution is 2.13. The van der Waals surface area contributed by atoms with E-state index in [0.29, 0.717) is 0 Å². The van der Waals surface area contributed by atoms with E-state index in [9.17, 15) is 10.2 Å².